The van der Waals surface area contributed by atoms with E-state index in [2.05, 4.69) is 5.32 Å². The summed E-state index contributed by atoms with van der Waals surface area (Å²) < 4.78 is 0. The van der Waals surface area contributed by atoms with Crippen LogP contribution >= 0.6 is 0 Å². The van der Waals surface area contributed by atoms with Gasteiger partial charge in [0.1, 0.15) is 5.92 Å². The number of nitrogens with one attached hydrogen (secondary N) is 1. The fraction of sp³-hybridized carbons (Fsp3) is 0.286. The Morgan fingerprint density at radius 3 is 2.59 bits per heavy atom. The van der Waals surface area contributed by atoms with E-state index in [1.807, 2.05) is 43.3 Å². The molecule has 1 amide bonds. The van der Waals surface area contributed by atoms with Crippen LogP contribution in [0.15, 0.2) is 42.1 Å². The van der Waals surface area contributed by atoms with Crippen LogP contribution in [0.2, 0.25) is 0 Å². The minimum atomic E-state index is -0.667. The second-order valence-corrected chi connectivity index (χ2v) is 4.10. The lowest BCUT2D eigenvalue weighted by Gasteiger charge is -2.03. The normalized spacial score (nSPS) is 21.9. The lowest BCUT2D eigenvalue weighted by molar-refractivity contribution is -0.124. The molecular formula is C14H15NO2. The number of rotatable bonds is 3. The average Bonchev–Trinajstić information content (AvgIpc) is 2.63. The molecule has 1 unspecified atom stereocenters. The Hall–Kier alpha value is -1.90. The molecule has 1 aromatic carbocycles. The van der Waals surface area contributed by atoms with Gasteiger partial charge in [-0.15, -0.1) is 0 Å². The molecule has 88 valence electrons. The summed E-state index contributed by atoms with van der Waals surface area (Å²) in [5.41, 5.74) is 1.21. The number of Topliss-reactive ketones (excluding diaryl/α,β-unsaturated/α-hetero) is 1. The number of hydrogen-bond donors (Lipinski definition) is 1. The number of unbranched alkanes of at least 4 members (excludes halogenated alkanes) is 1. The van der Waals surface area contributed by atoms with E-state index < -0.39 is 5.92 Å². The van der Waals surface area contributed by atoms with E-state index >= 15 is 0 Å². The second-order valence-electron chi connectivity index (χ2n) is 4.10. The number of carbonyl (C=O) groups excluding carboxylic acids is 2. The summed E-state index contributed by atoms with van der Waals surface area (Å²) in [6, 6.07) is 9.16. The molecule has 0 radical (unpaired) electrons. The maximum Gasteiger partial charge on any atom is 0.239 e. The van der Waals surface area contributed by atoms with Crippen LogP contribution in [0.3, 0.4) is 0 Å². The Labute approximate surface area is 101 Å². The number of allylic oxidation sites excluding steroid dienone is 2. The molecule has 1 N–H and O–H groups in total. The molecule has 0 bridgehead atoms. The van der Waals surface area contributed by atoms with Gasteiger partial charge in [0.15, 0.2) is 5.78 Å². The quantitative estimate of drug-likeness (QED) is 0.637. The van der Waals surface area contributed by atoms with Crippen molar-refractivity contribution in [2.45, 2.75) is 25.7 Å². The highest BCUT2D eigenvalue weighted by Gasteiger charge is 2.37. The molecule has 1 atom stereocenters. The molecule has 1 aromatic rings. The van der Waals surface area contributed by atoms with Crippen molar-refractivity contribution in [1.82, 2.24) is 5.32 Å². The predicted molar refractivity (Wildman–Crippen MR) is 65.3 cm³/mol. The van der Waals surface area contributed by atoms with Gasteiger partial charge in [-0.2, -0.15) is 0 Å². The Bertz CT molecular complexity index is 462. The molecule has 0 aliphatic carbocycles. The number of amides is 1. The highest BCUT2D eigenvalue weighted by molar-refractivity contribution is 6.21. The minimum absolute atomic E-state index is 0.116. The molecule has 0 aromatic heterocycles. The van der Waals surface area contributed by atoms with Gasteiger partial charge in [-0.25, -0.2) is 0 Å². The summed E-state index contributed by atoms with van der Waals surface area (Å²) in [6.45, 7) is 2.03. The average molecular weight is 229 g/mol. The molecule has 1 aliphatic rings. The molecule has 1 aliphatic heterocycles. The largest absolute Gasteiger partial charge is 0.322 e. The number of ketones is 1. The van der Waals surface area contributed by atoms with Crippen molar-refractivity contribution in [3.63, 3.8) is 0 Å². The number of carbonyl (C=O) groups is 2. The third-order valence-electron chi connectivity index (χ3n) is 2.82. The maximum atomic E-state index is 12.1. The van der Waals surface area contributed by atoms with Gasteiger partial charge in [0.2, 0.25) is 5.91 Å². The van der Waals surface area contributed by atoms with E-state index in [1.165, 1.54) is 0 Å². The van der Waals surface area contributed by atoms with Crippen LogP contribution in [0.5, 0.6) is 0 Å². The Balaban J connectivity index is 2.26. The minimum Gasteiger partial charge on any atom is -0.322 e. The summed E-state index contributed by atoms with van der Waals surface area (Å²) in [6.07, 6.45) is 3.58. The Kier molecular flexibility index (Phi) is 3.38. The van der Waals surface area contributed by atoms with Crippen molar-refractivity contribution >= 4 is 11.7 Å². The fourth-order valence-corrected chi connectivity index (χ4v) is 1.93. The molecule has 1 saturated heterocycles. The van der Waals surface area contributed by atoms with E-state index in [9.17, 15) is 9.59 Å². The molecule has 0 saturated carbocycles. The van der Waals surface area contributed by atoms with Gasteiger partial charge in [0.05, 0.1) is 5.70 Å². The van der Waals surface area contributed by atoms with Crippen LogP contribution in [-0.4, -0.2) is 11.7 Å². The first-order chi connectivity index (χ1) is 8.24. The first kappa shape index (κ1) is 11.6. The van der Waals surface area contributed by atoms with Crippen molar-refractivity contribution in [2.75, 3.05) is 0 Å². The van der Waals surface area contributed by atoms with Gasteiger partial charge < -0.3 is 5.32 Å². The molecule has 0 spiro atoms. The highest BCUT2D eigenvalue weighted by Crippen LogP contribution is 2.25. The first-order valence-electron chi connectivity index (χ1n) is 5.84. The molecule has 17 heavy (non-hydrogen) atoms. The van der Waals surface area contributed by atoms with Crippen LogP contribution in [0, 0.1) is 0 Å². The zero-order valence-electron chi connectivity index (χ0n) is 9.77. The SMILES string of the molecule is CCCC=C1NC(=O)C(c2ccccc2)C1=O. The van der Waals surface area contributed by atoms with E-state index in [0.717, 1.165) is 18.4 Å². The van der Waals surface area contributed by atoms with E-state index in [0.29, 0.717) is 5.70 Å². The molecule has 3 nitrogen and oxygen atoms in total. The van der Waals surface area contributed by atoms with Gasteiger partial charge in [-0.05, 0) is 12.0 Å². The smallest absolute Gasteiger partial charge is 0.239 e. The fourth-order valence-electron chi connectivity index (χ4n) is 1.93. The van der Waals surface area contributed by atoms with Crippen LogP contribution in [0.4, 0.5) is 0 Å². The Morgan fingerprint density at radius 2 is 1.94 bits per heavy atom. The van der Waals surface area contributed by atoms with Crippen molar-refractivity contribution in [1.29, 1.82) is 0 Å². The van der Waals surface area contributed by atoms with E-state index in [1.54, 1.807) is 0 Å². The summed E-state index contributed by atoms with van der Waals surface area (Å²) in [5.74, 6) is -1.00. The van der Waals surface area contributed by atoms with Crippen molar-refractivity contribution in [3.05, 3.63) is 47.7 Å². The third kappa shape index (κ3) is 2.28. The lowest BCUT2D eigenvalue weighted by atomic mass is 9.96. The zero-order valence-corrected chi connectivity index (χ0v) is 9.77. The van der Waals surface area contributed by atoms with Crippen LogP contribution in [0.1, 0.15) is 31.2 Å². The standard InChI is InChI=1S/C14H15NO2/c1-2-3-9-11-13(16)12(14(17)15-11)10-7-5-4-6-8-10/h4-9,12H,2-3H2,1H3,(H,15,17). The van der Waals surface area contributed by atoms with Crippen LogP contribution in [-0.2, 0) is 9.59 Å². The van der Waals surface area contributed by atoms with Gasteiger partial charge in [-0.3, -0.25) is 9.59 Å². The van der Waals surface area contributed by atoms with Crippen molar-refractivity contribution in [3.8, 4) is 0 Å². The number of hydrogen-bond acceptors (Lipinski definition) is 2. The van der Waals surface area contributed by atoms with Gasteiger partial charge in [0.25, 0.3) is 0 Å². The van der Waals surface area contributed by atoms with Crippen molar-refractivity contribution < 1.29 is 9.59 Å². The monoisotopic (exact) mass is 229 g/mol. The van der Waals surface area contributed by atoms with Crippen LogP contribution in [0.25, 0.3) is 0 Å². The molecule has 2 rings (SSSR count). The molecule has 3 heteroatoms. The van der Waals surface area contributed by atoms with Gasteiger partial charge in [-0.1, -0.05) is 49.8 Å². The zero-order chi connectivity index (χ0) is 12.3. The topological polar surface area (TPSA) is 46.2 Å². The second kappa shape index (κ2) is 4.95. The first-order valence-corrected chi connectivity index (χ1v) is 5.84. The third-order valence-corrected chi connectivity index (χ3v) is 2.82. The Morgan fingerprint density at radius 1 is 1.24 bits per heavy atom. The summed E-state index contributed by atoms with van der Waals surface area (Å²) >= 11 is 0. The molecule has 1 fully saturated rings. The van der Waals surface area contributed by atoms with E-state index in [4.69, 9.17) is 0 Å². The number of benzene rings is 1. The summed E-state index contributed by atoms with van der Waals surface area (Å²) in [5, 5.41) is 2.66. The lowest BCUT2D eigenvalue weighted by Crippen LogP contribution is -2.17. The van der Waals surface area contributed by atoms with Gasteiger partial charge in [0, 0.05) is 0 Å². The van der Waals surface area contributed by atoms with Gasteiger partial charge >= 0.3 is 0 Å². The van der Waals surface area contributed by atoms with Crippen molar-refractivity contribution in [2.24, 2.45) is 0 Å². The summed E-state index contributed by atoms with van der Waals surface area (Å²) in [7, 11) is 0. The molecule has 1 heterocycles. The summed E-state index contributed by atoms with van der Waals surface area (Å²) in [4.78, 5) is 23.9. The maximum absolute atomic E-state index is 12.1. The van der Waals surface area contributed by atoms with Crippen LogP contribution < -0.4 is 5.32 Å². The predicted octanol–water partition coefficient (Wildman–Crippen LogP) is 2.15. The molecular weight excluding hydrogens is 214 g/mol. The highest BCUT2D eigenvalue weighted by atomic mass is 16.2. The van der Waals surface area contributed by atoms with E-state index in [-0.39, 0.29) is 11.7 Å².